The first-order valence-electron chi connectivity index (χ1n) is 12.1. The van der Waals surface area contributed by atoms with E-state index >= 15 is 0 Å². The Labute approximate surface area is 205 Å². The number of anilines is 1. The molecule has 0 aliphatic carbocycles. The molecule has 0 amide bonds. The van der Waals surface area contributed by atoms with Gasteiger partial charge in [-0.2, -0.15) is 13.2 Å². The van der Waals surface area contributed by atoms with E-state index in [1.807, 2.05) is 36.4 Å². The average Bonchev–Trinajstić information content (AvgIpc) is 3.19. The standard InChI is InChI=1S/C26H30F3N3O2S/c27-26(28,29)18-32-24-3-1-2-23(30-21-8-14-35(33)15-9-21)22(24)16-25(32)20-6-4-19(5-7-20)17-31-10-12-34-13-11-31/h1-7,16,21,30H,8-15,17-18H2. The zero-order valence-corrected chi connectivity index (χ0v) is 20.3. The van der Waals surface area contributed by atoms with Gasteiger partial charge in [-0.05, 0) is 42.2 Å². The van der Waals surface area contributed by atoms with Crippen LogP contribution in [0.1, 0.15) is 18.4 Å². The molecule has 2 aromatic carbocycles. The summed E-state index contributed by atoms with van der Waals surface area (Å²) in [4.78, 5) is 2.32. The molecule has 2 aliphatic rings. The van der Waals surface area contributed by atoms with E-state index in [0.29, 0.717) is 22.7 Å². The number of benzene rings is 2. The quantitative estimate of drug-likeness (QED) is 0.511. The number of fused-ring (bicyclic) bond motifs is 1. The minimum atomic E-state index is -4.34. The summed E-state index contributed by atoms with van der Waals surface area (Å²) in [6.45, 7) is 2.97. The molecule has 0 radical (unpaired) electrons. The maximum atomic E-state index is 13.6. The van der Waals surface area contributed by atoms with Gasteiger partial charge >= 0.3 is 6.18 Å². The van der Waals surface area contributed by atoms with E-state index in [0.717, 1.165) is 67.9 Å². The van der Waals surface area contributed by atoms with Gasteiger partial charge in [-0.15, -0.1) is 0 Å². The molecule has 0 spiro atoms. The average molecular weight is 506 g/mol. The molecule has 3 aromatic rings. The highest BCUT2D eigenvalue weighted by Gasteiger charge is 2.30. The van der Waals surface area contributed by atoms with Crippen molar-refractivity contribution in [1.82, 2.24) is 9.47 Å². The van der Waals surface area contributed by atoms with Crippen LogP contribution in [0.15, 0.2) is 48.5 Å². The second-order valence-corrected chi connectivity index (χ2v) is 11.0. The van der Waals surface area contributed by atoms with Gasteiger partial charge in [-0.1, -0.05) is 30.3 Å². The molecule has 35 heavy (non-hydrogen) atoms. The Hall–Kier alpha value is -2.36. The summed E-state index contributed by atoms with van der Waals surface area (Å²) in [6.07, 6.45) is -2.75. The van der Waals surface area contributed by atoms with E-state index in [2.05, 4.69) is 10.2 Å². The number of rotatable bonds is 6. The highest BCUT2D eigenvalue weighted by molar-refractivity contribution is 7.85. The van der Waals surface area contributed by atoms with Crippen LogP contribution in [0.4, 0.5) is 18.9 Å². The van der Waals surface area contributed by atoms with Crippen LogP contribution >= 0.6 is 0 Å². The lowest BCUT2D eigenvalue weighted by atomic mass is 10.1. The number of hydrogen-bond donors (Lipinski definition) is 1. The van der Waals surface area contributed by atoms with E-state index < -0.39 is 23.5 Å². The molecule has 1 N–H and O–H groups in total. The monoisotopic (exact) mass is 505 g/mol. The van der Waals surface area contributed by atoms with Gasteiger partial charge in [0.05, 0.1) is 18.7 Å². The first kappa shape index (κ1) is 24.3. The highest BCUT2D eigenvalue weighted by Crippen LogP contribution is 2.36. The fraction of sp³-hybridized carbons (Fsp3) is 0.462. The second-order valence-electron chi connectivity index (χ2n) is 9.32. The maximum Gasteiger partial charge on any atom is 0.406 e. The number of aromatic nitrogens is 1. The first-order chi connectivity index (χ1) is 16.9. The molecule has 2 fully saturated rings. The minimum absolute atomic E-state index is 0.173. The number of nitrogens with zero attached hydrogens (tertiary/aromatic N) is 2. The van der Waals surface area contributed by atoms with Gasteiger partial charge in [0.15, 0.2) is 0 Å². The maximum absolute atomic E-state index is 13.6. The SMILES string of the molecule is O=S1CCC(Nc2cccc3c2cc(-c2ccc(CN4CCOCC4)cc2)n3CC(F)(F)F)CC1. The third kappa shape index (κ3) is 5.90. The molecule has 0 atom stereocenters. The zero-order valence-electron chi connectivity index (χ0n) is 19.5. The Bertz CT molecular complexity index is 1180. The lowest BCUT2D eigenvalue weighted by molar-refractivity contribution is -0.139. The molecule has 1 aromatic heterocycles. The summed E-state index contributed by atoms with van der Waals surface area (Å²) in [7, 11) is -0.765. The van der Waals surface area contributed by atoms with Crippen LogP contribution in [0.25, 0.3) is 22.2 Å². The predicted octanol–water partition coefficient (Wildman–Crippen LogP) is 5.03. The van der Waals surface area contributed by atoms with Crippen LogP contribution in [0, 0.1) is 0 Å². The summed E-state index contributed by atoms with van der Waals surface area (Å²) in [5, 5.41) is 4.28. The Morgan fingerprint density at radius 2 is 1.74 bits per heavy atom. The molecule has 5 nitrogen and oxygen atoms in total. The highest BCUT2D eigenvalue weighted by atomic mass is 32.2. The van der Waals surface area contributed by atoms with Crippen molar-refractivity contribution in [2.24, 2.45) is 0 Å². The molecule has 3 heterocycles. The van der Waals surface area contributed by atoms with E-state index in [-0.39, 0.29) is 6.04 Å². The molecular weight excluding hydrogens is 475 g/mol. The Kier molecular flexibility index (Phi) is 7.18. The van der Waals surface area contributed by atoms with Crippen LogP contribution in [0.5, 0.6) is 0 Å². The second kappa shape index (κ2) is 10.3. The molecule has 0 saturated carbocycles. The number of alkyl halides is 3. The van der Waals surface area contributed by atoms with E-state index in [4.69, 9.17) is 4.74 Å². The summed E-state index contributed by atoms with van der Waals surface area (Å²) < 4.78 is 59.3. The van der Waals surface area contributed by atoms with Crippen LogP contribution in [0.2, 0.25) is 0 Å². The van der Waals surface area contributed by atoms with Crippen molar-refractivity contribution in [3.63, 3.8) is 0 Å². The van der Waals surface area contributed by atoms with Gasteiger partial charge < -0.3 is 14.6 Å². The van der Waals surface area contributed by atoms with Gasteiger partial charge in [-0.25, -0.2) is 0 Å². The topological polar surface area (TPSA) is 46.5 Å². The number of halogens is 3. The molecule has 9 heteroatoms. The van der Waals surface area contributed by atoms with Gasteiger partial charge in [0.25, 0.3) is 0 Å². The van der Waals surface area contributed by atoms with Crippen molar-refractivity contribution >= 4 is 27.4 Å². The largest absolute Gasteiger partial charge is 0.406 e. The lowest BCUT2D eigenvalue weighted by Crippen LogP contribution is -2.35. The molecule has 2 aliphatic heterocycles. The van der Waals surface area contributed by atoms with Gasteiger partial charge in [-0.3, -0.25) is 9.11 Å². The van der Waals surface area contributed by atoms with Crippen molar-refractivity contribution in [3.8, 4) is 11.3 Å². The molecule has 188 valence electrons. The fourth-order valence-corrected chi connectivity index (χ4v) is 6.25. The third-order valence-electron chi connectivity index (χ3n) is 6.79. The van der Waals surface area contributed by atoms with E-state index in [9.17, 15) is 17.4 Å². The fourth-order valence-electron chi connectivity index (χ4n) is 4.96. The number of hydrogen-bond acceptors (Lipinski definition) is 4. The van der Waals surface area contributed by atoms with Gasteiger partial charge in [0, 0.05) is 64.7 Å². The minimum Gasteiger partial charge on any atom is -0.382 e. The van der Waals surface area contributed by atoms with E-state index in [1.165, 1.54) is 4.57 Å². The Balaban J connectivity index is 1.46. The number of ether oxygens (including phenoxy) is 1. The van der Waals surface area contributed by atoms with Gasteiger partial charge in [0.2, 0.25) is 0 Å². The summed E-state index contributed by atoms with van der Waals surface area (Å²) in [5.41, 5.74) is 3.82. The third-order valence-corrected chi connectivity index (χ3v) is 8.17. The molecule has 5 rings (SSSR count). The number of nitrogens with one attached hydrogen (secondary N) is 1. The summed E-state index contributed by atoms with van der Waals surface area (Å²) >= 11 is 0. The molecular formula is C26H30F3N3O2S. The van der Waals surface area contributed by atoms with Crippen molar-refractivity contribution in [2.45, 2.75) is 38.1 Å². The zero-order chi connectivity index (χ0) is 24.4. The smallest absolute Gasteiger partial charge is 0.382 e. The van der Waals surface area contributed by atoms with Crippen molar-refractivity contribution in [2.75, 3.05) is 43.1 Å². The van der Waals surface area contributed by atoms with Crippen molar-refractivity contribution in [3.05, 3.63) is 54.1 Å². The number of morpholine rings is 1. The molecule has 0 bridgehead atoms. The van der Waals surface area contributed by atoms with Crippen LogP contribution in [-0.2, 0) is 28.6 Å². The van der Waals surface area contributed by atoms with E-state index in [1.54, 1.807) is 12.1 Å². The normalized spacial score (nSPS) is 21.9. The van der Waals surface area contributed by atoms with Crippen LogP contribution in [0.3, 0.4) is 0 Å². The summed E-state index contributed by atoms with van der Waals surface area (Å²) in [6, 6.07) is 15.3. The first-order valence-corrected chi connectivity index (χ1v) is 13.5. The van der Waals surface area contributed by atoms with Crippen molar-refractivity contribution in [1.29, 1.82) is 0 Å². The van der Waals surface area contributed by atoms with Crippen LogP contribution < -0.4 is 5.32 Å². The lowest BCUT2D eigenvalue weighted by Gasteiger charge is -2.26. The summed E-state index contributed by atoms with van der Waals surface area (Å²) in [5.74, 6) is 1.32. The van der Waals surface area contributed by atoms with Crippen molar-refractivity contribution < 1.29 is 22.1 Å². The molecule has 2 saturated heterocycles. The Morgan fingerprint density at radius 3 is 2.43 bits per heavy atom. The van der Waals surface area contributed by atoms with Crippen LogP contribution in [-0.4, -0.2) is 63.7 Å². The molecule has 0 unspecified atom stereocenters. The van der Waals surface area contributed by atoms with Gasteiger partial charge in [0.1, 0.15) is 6.54 Å². The predicted molar refractivity (Wildman–Crippen MR) is 134 cm³/mol. The Morgan fingerprint density at radius 1 is 1.03 bits per heavy atom.